The number of benzene rings is 2. The van der Waals surface area contributed by atoms with Gasteiger partial charge in [0, 0.05) is 49.6 Å². The van der Waals surface area contributed by atoms with Gasteiger partial charge in [-0.25, -0.2) is 19.2 Å². The van der Waals surface area contributed by atoms with Crippen LogP contribution < -0.4 is 30.4 Å². The van der Waals surface area contributed by atoms with Crippen LogP contribution in [0.4, 0.5) is 0 Å². The fraction of sp³-hybridized carbons (Fsp3) is 0.0513. The number of ether oxygens (including phenoxy) is 4. The maximum atomic E-state index is 13.8. The topological polar surface area (TPSA) is 226 Å². The lowest BCUT2D eigenvalue weighted by Crippen LogP contribution is -2.31. The molecule has 6 aromatic rings. The van der Waals surface area contributed by atoms with Gasteiger partial charge >= 0.3 is 23.9 Å². The lowest BCUT2D eigenvalue weighted by molar-refractivity contribution is -0.121. The van der Waals surface area contributed by atoms with Gasteiger partial charge in [-0.15, -0.1) is 12.4 Å². The molecule has 4 aromatic heterocycles. The molecule has 4 heterocycles. The van der Waals surface area contributed by atoms with E-state index < -0.39 is 41.7 Å². The van der Waals surface area contributed by atoms with E-state index in [0.29, 0.717) is 0 Å². The van der Waals surface area contributed by atoms with Gasteiger partial charge in [-0.05, 0) is 83.9 Å². The van der Waals surface area contributed by atoms with Crippen LogP contribution in [0.25, 0.3) is 0 Å². The van der Waals surface area contributed by atoms with Crippen LogP contribution in [0.2, 0.25) is 0 Å². The Balaban J connectivity index is 0.00000580. The highest BCUT2D eigenvalue weighted by Gasteiger charge is 2.28. The molecule has 276 valence electrons. The molecule has 0 spiro atoms. The molecular weight excluding hydrogens is 732 g/mol. The SMILES string of the molecule is Cl.NC(C(=O)C(N)c1ccc(OC(=O)c2cccnc2)c(OC(=O)c2cccnc2)c1)c1ccc(OC(=O)c2cccnc2)c(OC(=O)c2cccnc2)c1. The van der Waals surface area contributed by atoms with Gasteiger partial charge in [0.25, 0.3) is 0 Å². The number of hydrogen-bond donors (Lipinski definition) is 2. The summed E-state index contributed by atoms with van der Waals surface area (Å²) in [6.07, 6.45) is 11.1. The minimum atomic E-state index is -1.40. The van der Waals surface area contributed by atoms with Crippen LogP contribution in [-0.2, 0) is 4.79 Å². The molecule has 16 heteroatoms. The summed E-state index contributed by atoms with van der Waals surface area (Å²) in [5.41, 5.74) is 13.6. The van der Waals surface area contributed by atoms with Crippen molar-refractivity contribution in [2.75, 3.05) is 0 Å². The number of halogens is 1. The highest BCUT2D eigenvalue weighted by Crippen LogP contribution is 2.35. The maximum absolute atomic E-state index is 13.8. The number of ketones is 1. The number of carbonyl (C=O) groups excluding carboxylic acids is 5. The number of nitrogens with two attached hydrogens (primary N) is 2. The van der Waals surface area contributed by atoms with E-state index in [4.69, 9.17) is 30.4 Å². The fourth-order valence-corrected chi connectivity index (χ4v) is 4.86. The predicted octanol–water partition coefficient (Wildman–Crippen LogP) is 4.83. The Morgan fingerprint density at radius 3 is 1.00 bits per heavy atom. The zero-order valence-corrected chi connectivity index (χ0v) is 29.2. The first-order chi connectivity index (χ1) is 26.2. The van der Waals surface area contributed by atoms with Crippen LogP contribution in [0.1, 0.15) is 64.6 Å². The van der Waals surface area contributed by atoms with Crippen LogP contribution >= 0.6 is 12.4 Å². The Hall–Kier alpha value is -7.20. The number of Topliss-reactive ketones (excluding diaryl/α,β-unsaturated/α-hetero) is 1. The molecule has 0 bridgehead atoms. The molecule has 55 heavy (non-hydrogen) atoms. The quantitative estimate of drug-likeness (QED) is 0.126. The number of nitrogens with zero attached hydrogens (tertiary/aromatic N) is 4. The Morgan fingerprint density at radius 1 is 0.436 bits per heavy atom. The molecule has 0 fully saturated rings. The van der Waals surface area contributed by atoms with Crippen molar-refractivity contribution in [3.63, 3.8) is 0 Å². The number of esters is 4. The summed E-state index contributed by atoms with van der Waals surface area (Å²) in [6.45, 7) is 0. The molecule has 0 aliphatic heterocycles. The van der Waals surface area contributed by atoms with Crippen molar-refractivity contribution in [1.82, 2.24) is 19.9 Å². The Bertz CT molecular complexity index is 2160. The predicted molar refractivity (Wildman–Crippen MR) is 196 cm³/mol. The summed E-state index contributed by atoms with van der Waals surface area (Å²) in [5, 5.41) is 0. The summed E-state index contributed by atoms with van der Waals surface area (Å²) in [7, 11) is 0. The van der Waals surface area contributed by atoms with Gasteiger partial charge < -0.3 is 30.4 Å². The summed E-state index contributed by atoms with van der Waals surface area (Å²) < 4.78 is 22.2. The van der Waals surface area contributed by atoms with E-state index in [9.17, 15) is 24.0 Å². The average Bonchev–Trinajstić information content (AvgIpc) is 3.22. The van der Waals surface area contributed by atoms with Gasteiger partial charge in [-0.2, -0.15) is 0 Å². The number of rotatable bonds is 12. The number of hydrogen-bond acceptors (Lipinski definition) is 15. The molecule has 2 unspecified atom stereocenters. The molecule has 4 N–H and O–H groups in total. The van der Waals surface area contributed by atoms with Gasteiger partial charge in [0.2, 0.25) is 0 Å². The number of carbonyl (C=O) groups is 5. The monoisotopic (exact) mass is 760 g/mol. The molecule has 0 saturated heterocycles. The summed E-state index contributed by atoms with van der Waals surface area (Å²) in [4.78, 5) is 81.1. The van der Waals surface area contributed by atoms with Crippen molar-refractivity contribution in [3.05, 3.63) is 168 Å². The smallest absolute Gasteiger partial charge is 0.345 e. The molecule has 0 radical (unpaired) electrons. The number of aromatic nitrogens is 4. The second-order valence-electron chi connectivity index (χ2n) is 11.3. The summed E-state index contributed by atoms with van der Waals surface area (Å²) in [6, 6.07) is 17.3. The summed E-state index contributed by atoms with van der Waals surface area (Å²) >= 11 is 0. The molecule has 6 rings (SSSR count). The third-order valence-electron chi connectivity index (χ3n) is 7.67. The minimum absolute atomic E-state index is 0. The van der Waals surface area contributed by atoms with Crippen LogP contribution in [0.5, 0.6) is 23.0 Å². The molecule has 0 saturated carbocycles. The first-order valence-electron chi connectivity index (χ1n) is 16.0. The Morgan fingerprint density at radius 2 is 0.727 bits per heavy atom. The molecule has 15 nitrogen and oxygen atoms in total. The van der Waals surface area contributed by atoms with Crippen molar-refractivity contribution in [2.45, 2.75) is 12.1 Å². The highest BCUT2D eigenvalue weighted by atomic mass is 35.5. The van der Waals surface area contributed by atoms with E-state index in [1.807, 2.05) is 0 Å². The van der Waals surface area contributed by atoms with Crippen molar-refractivity contribution in [1.29, 1.82) is 0 Å². The molecule has 2 atom stereocenters. The highest BCUT2D eigenvalue weighted by molar-refractivity contribution is 5.95. The Kier molecular flexibility index (Phi) is 12.8. The standard InChI is InChI=1S/C39H28N6O9.ClH/c40-33(23-9-11-29(51-36(47)25-5-1-13-42-19-25)31(17-23)53-38(49)27-7-3-15-44-21-27)35(46)34(41)24-10-12-30(52-37(48)26-6-2-14-43-20-26)32(18-24)54-39(50)28-8-4-16-45-22-28;/h1-22,33-34H,40-41H2;1H. The first-order valence-corrected chi connectivity index (χ1v) is 16.0. The molecule has 0 amide bonds. The van der Waals surface area contributed by atoms with Crippen LogP contribution in [0.3, 0.4) is 0 Å². The minimum Gasteiger partial charge on any atom is -0.419 e. The third-order valence-corrected chi connectivity index (χ3v) is 7.67. The molecule has 2 aromatic carbocycles. The average molecular weight is 761 g/mol. The van der Waals surface area contributed by atoms with E-state index in [-0.39, 0.29) is 68.8 Å². The zero-order valence-electron chi connectivity index (χ0n) is 28.4. The van der Waals surface area contributed by atoms with Gasteiger partial charge in [0.05, 0.1) is 34.3 Å². The van der Waals surface area contributed by atoms with Crippen LogP contribution in [0.15, 0.2) is 135 Å². The third kappa shape index (κ3) is 9.62. The maximum Gasteiger partial charge on any atom is 0.345 e. The fourth-order valence-electron chi connectivity index (χ4n) is 4.86. The van der Waals surface area contributed by atoms with Crippen LogP contribution in [0, 0.1) is 0 Å². The van der Waals surface area contributed by atoms with E-state index in [1.54, 1.807) is 12.1 Å². The van der Waals surface area contributed by atoms with Crippen molar-refractivity contribution >= 4 is 42.1 Å². The lowest BCUT2D eigenvalue weighted by atomic mass is 9.94. The van der Waals surface area contributed by atoms with E-state index >= 15 is 0 Å². The lowest BCUT2D eigenvalue weighted by Gasteiger charge is -2.20. The molecular formula is C39H29ClN6O9. The number of pyridine rings is 4. The van der Waals surface area contributed by atoms with Gasteiger partial charge in [-0.3, -0.25) is 24.7 Å². The zero-order chi connectivity index (χ0) is 38.0. The van der Waals surface area contributed by atoms with Crippen molar-refractivity contribution in [2.24, 2.45) is 11.5 Å². The van der Waals surface area contributed by atoms with Crippen molar-refractivity contribution < 1.29 is 42.9 Å². The van der Waals surface area contributed by atoms with Gasteiger partial charge in [0.1, 0.15) is 0 Å². The van der Waals surface area contributed by atoms with Crippen molar-refractivity contribution in [3.8, 4) is 23.0 Å². The second kappa shape index (κ2) is 18.0. The van der Waals surface area contributed by atoms with E-state index in [0.717, 1.165) is 0 Å². The van der Waals surface area contributed by atoms with E-state index in [1.165, 1.54) is 122 Å². The first kappa shape index (κ1) is 39.0. The Labute approximate surface area is 318 Å². The molecule has 0 aliphatic rings. The largest absolute Gasteiger partial charge is 0.419 e. The van der Waals surface area contributed by atoms with Gasteiger partial charge in [-0.1, -0.05) is 12.1 Å². The second-order valence-corrected chi connectivity index (χ2v) is 11.3. The normalized spacial score (nSPS) is 11.5. The summed E-state index contributed by atoms with van der Waals surface area (Å²) in [5.74, 6) is -4.67. The van der Waals surface area contributed by atoms with Crippen LogP contribution in [-0.4, -0.2) is 49.6 Å². The van der Waals surface area contributed by atoms with E-state index in [2.05, 4.69) is 19.9 Å². The van der Waals surface area contributed by atoms with Gasteiger partial charge in [0.15, 0.2) is 28.8 Å². The molecule has 0 aliphatic carbocycles.